The molecule has 1 saturated heterocycles. The third-order valence-corrected chi connectivity index (χ3v) is 4.76. The molecule has 0 aromatic heterocycles. The summed E-state index contributed by atoms with van der Waals surface area (Å²) in [5.74, 6) is 0.741. The molecule has 1 fully saturated rings. The van der Waals surface area contributed by atoms with Crippen molar-refractivity contribution in [2.75, 3.05) is 18.0 Å². The van der Waals surface area contributed by atoms with E-state index in [1.165, 1.54) is 6.42 Å². The molecule has 0 radical (unpaired) electrons. The van der Waals surface area contributed by atoms with Gasteiger partial charge in [0.25, 0.3) is 0 Å². The van der Waals surface area contributed by atoms with Crippen molar-refractivity contribution in [1.29, 1.82) is 0 Å². The third-order valence-electron chi connectivity index (χ3n) is 3.69. The maximum absolute atomic E-state index is 12.3. The minimum absolute atomic E-state index is 0.250. The number of para-hydroxylation sites is 1. The van der Waals surface area contributed by atoms with Crippen LogP contribution in [0.2, 0.25) is 0 Å². The number of carbonyl (C=O) groups excluding carboxylic acids is 1. The fraction of sp³-hybridized carbons (Fsp3) is 0.533. The number of thioether (sulfide) groups is 1. The van der Waals surface area contributed by atoms with E-state index in [2.05, 4.69) is 11.8 Å². The lowest BCUT2D eigenvalue weighted by molar-refractivity contribution is -0.132. The zero-order chi connectivity index (χ0) is 13.7. The van der Waals surface area contributed by atoms with Gasteiger partial charge in [0.1, 0.15) is 0 Å². The summed E-state index contributed by atoms with van der Waals surface area (Å²) in [5.41, 5.74) is 6.65. The lowest BCUT2D eigenvalue weighted by atomic mass is 10.0. The molecule has 4 heteroatoms. The van der Waals surface area contributed by atoms with Crippen LogP contribution in [-0.2, 0) is 4.79 Å². The van der Waals surface area contributed by atoms with E-state index in [0.717, 1.165) is 36.4 Å². The van der Waals surface area contributed by atoms with Gasteiger partial charge < -0.3 is 10.6 Å². The lowest BCUT2D eigenvalue weighted by Crippen LogP contribution is -2.44. The molecule has 1 aliphatic rings. The maximum Gasteiger partial charge on any atom is 0.233 e. The summed E-state index contributed by atoms with van der Waals surface area (Å²) in [6.07, 6.45) is 4.60. The molecule has 19 heavy (non-hydrogen) atoms. The van der Waals surface area contributed by atoms with Gasteiger partial charge in [-0.3, -0.25) is 4.79 Å². The predicted octanol–water partition coefficient (Wildman–Crippen LogP) is 3.15. The molecular weight excluding hydrogens is 256 g/mol. The Morgan fingerprint density at radius 3 is 2.95 bits per heavy atom. The van der Waals surface area contributed by atoms with Crippen molar-refractivity contribution < 1.29 is 4.79 Å². The Bertz CT molecular complexity index is 436. The minimum atomic E-state index is 0.250. The molecule has 1 aromatic carbocycles. The average Bonchev–Trinajstić information content (AvgIpc) is 2.46. The zero-order valence-electron chi connectivity index (χ0n) is 11.5. The molecule has 1 aliphatic heterocycles. The number of nitrogen functional groups attached to an aromatic ring is 1. The summed E-state index contributed by atoms with van der Waals surface area (Å²) in [6.45, 7) is 3.08. The second kappa shape index (κ2) is 6.85. The van der Waals surface area contributed by atoms with Gasteiger partial charge in [-0.2, -0.15) is 0 Å². The monoisotopic (exact) mass is 278 g/mol. The van der Waals surface area contributed by atoms with Gasteiger partial charge in [0.15, 0.2) is 0 Å². The Balaban J connectivity index is 1.92. The van der Waals surface area contributed by atoms with Crippen LogP contribution >= 0.6 is 11.8 Å². The van der Waals surface area contributed by atoms with E-state index >= 15 is 0 Å². The first-order valence-corrected chi connectivity index (χ1v) is 7.97. The van der Waals surface area contributed by atoms with Crippen molar-refractivity contribution in [2.45, 2.75) is 43.5 Å². The summed E-state index contributed by atoms with van der Waals surface area (Å²) in [7, 11) is 0. The SMILES string of the molecule is CCC1CCCCN1C(=O)CSc1ccccc1N. The van der Waals surface area contributed by atoms with Gasteiger partial charge in [0.05, 0.1) is 5.75 Å². The number of benzene rings is 1. The Hall–Kier alpha value is -1.16. The number of hydrogen-bond donors (Lipinski definition) is 1. The van der Waals surface area contributed by atoms with Crippen LogP contribution < -0.4 is 5.73 Å². The molecule has 0 bridgehead atoms. The summed E-state index contributed by atoms with van der Waals surface area (Å²) in [4.78, 5) is 15.4. The van der Waals surface area contributed by atoms with Crippen LogP contribution in [0.1, 0.15) is 32.6 Å². The molecule has 0 aliphatic carbocycles. The summed E-state index contributed by atoms with van der Waals surface area (Å²) >= 11 is 1.55. The second-order valence-corrected chi connectivity index (χ2v) is 5.99. The first kappa shape index (κ1) is 14.3. The smallest absolute Gasteiger partial charge is 0.233 e. The molecule has 0 saturated carbocycles. The van der Waals surface area contributed by atoms with Gasteiger partial charge in [0.2, 0.25) is 5.91 Å². The fourth-order valence-corrected chi connectivity index (χ4v) is 3.44. The number of piperidine rings is 1. The third kappa shape index (κ3) is 3.66. The van der Waals surface area contributed by atoms with Crippen LogP contribution in [-0.4, -0.2) is 29.1 Å². The highest BCUT2D eigenvalue weighted by atomic mass is 32.2. The van der Waals surface area contributed by atoms with Gasteiger partial charge in [-0.25, -0.2) is 0 Å². The molecule has 2 N–H and O–H groups in total. The van der Waals surface area contributed by atoms with Crippen molar-refractivity contribution in [1.82, 2.24) is 4.90 Å². The van der Waals surface area contributed by atoms with Gasteiger partial charge >= 0.3 is 0 Å². The van der Waals surface area contributed by atoms with E-state index in [0.29, 0.717) is 11.8 Å². The van der Waals surface area contributed by atoms with Crippen LogP contribution in [0.3, 0.4) is 0 Å². The first-order valence-electron chi connectivity index (χ1n) is 6.99. The van der Waals surface area contributed by atoms with Gasteiger partial charge in [-0.05, 0) is 37.8 Å². The normalized spacial score (nSPS) is 19.4. The van der Waals surface area contributed by atoms with Crippen molar-refractivity contribution in [3.63, 3.8) is 0 Å². The highest BCUT2D eigenvalue weighted by Gasteiger charge is 2.25. The summed E-state index contributed by atoms with van der Waals surface area (Å²) in [6, 6.07) is 8.16. The van der Waals surface area contributed by atoms with Gasteiger partial charge in [-0.15, -0.1) is 11.8 Å². The number of nitrogens with two attached hydrogens (primary N) is 1. The van der Waals surface area contributed by atoms with Crippen molar-refractivity contribution in [3.8, 4) is 0 Å². The van der Waals surface area contributed by atoms with Gasteiger partial charge in [0, 0.05) is 23.2 Å². The molecule has 3 nitrogen and oxygen atoms in total. The molecule has 0 spiro atoms. The Morgan fingerprint density at radius 2 is 2.21 bits per heavy atom. The molecule has 1 atom stereocenters. The molecule has 1 heterocycles. The van der Waals surface area contributed by atoms with Crippen LogP contribution in [0.4, 0.5) is 5.69 Å². The van der Waals surface area contributed by atoms with E-state index in [1.54, 1.807) is 11.8 Å². The van der Waals surface area contributed by atoms with Crippen LogP contribution in [0.15, 0.2) is 29.2 Å². The number of hydrogen-bond acceptors (Lipinski definition) is 3. The Morgan fingerprint density at radius 1 is 1.42 bits per heavy atom. The quantitative estimate of drug-likeness (QED) is 0.680. The van der Waals surface area contributed by atoms with E-state index in [1.807, 2.05) is 24.3 Å². The van der Waals surface area contributed by atoms with E-state index in [4.69, 9.17) is 5.73 Å². The second-order valence-electron chi connectivity index (χ2n) is 4.97. The Labute approximate surface area is 119 Å². The average molecular weight is 278 g/mol. The molecule has 2 rings (SSSR count). The summed E-state index contributed by atoms with van der Waals surface area (Å²) < 4.78 is 0. The molecular formula is C15H22N2OS. The molecule has 1 amide bonds. The largest absolute Gasteiger partial charge is 0.398 e. The van der Waals surface area contributed by atoms with Crippen LogP contribution in [0.5, 0.6) is 0 Å². The van der Waals surface area contributed by atoms with E-state index in [-0.39, 0.29) is 5.91 Å². The van der Waals surface area contributed by atoms with Crippen molar-refractivity contribution >= 4 is 23.4 Å². The van der Waals surface area contributed by atoms with Crippen molar-refractivity contribution in [3.05, 3.63) is 24.3 Å². The lowest BCUT2D eigenvalue weighted by Gasteiger charge is -2.35. The van der Waals surface area contributed by atoms with Gasteiger partial charge in [-0.1, -0.05) is 19.1 Å². The summed E-state index contributed by atoms with van der Waals surface area (Å²) in [5, 5.41) is 0. The van der Waals surface area contributed by atoms with E-state index in [9.17, 15) is 4.79 Å². The van der Waals surface area contributed by atoms with Crippen LogP contribution in [0, 0.1) is 0 Å². The number of nitrogens with zero attached hydrogens (tertiary/aromatic N) is 1. The van der Waals surface area contributed by atoms with Crippen LogP contribution in [0.25, 0.3) is 0 Å². The minimum Gasteiger partial charge on any atom is -0.398 e. The number of rotatable bonds is 4. The molecule has 104 valence electrons. The van der Waals surface area contributed by atoms with E-state index < -0.39 is 0 Å². The Kier molecular flexibility index (Phi) is 5.14. The number of anilines is 1. The molecule has 1 aromatic rings. The van der Waals surface area contributed by atoms with Crippen molar-refractivity contribution in [2.24, 2.45) is 0 Å². The zero-order valence-corrected chi connectivity index (χ0v) is 12.3. The maximum atomic E-state index is 12.3. The topological polar surface area (TPSA) is 46.3 Å². The highest BCUT2D eigenvalue weighted by molar-refractivity contribution is 8.00. The predicted molar refractivity (Wildman–Crippen MR) is 81.2 cm³/mol. The number of likely N-dealkylation sites (tertiary alicyclic amines) is 1. The number of amides is 1. The molecule has 1 unspecified atom stereocenters. The number of carbonyl (C=O) groups is 1. The fourth-order valence-electron chi connectivity index (χ4n) is 2.59. The standard InChI is InChI=1S/C15H22N2OS/c1-2-12-7-5-6-10-17(12)15(18)11-19-14-9-4-3-8-13(14)16/h3-4,8-9,12H,2,5-7,10-11,16H2,1H3. The first-order chi connectivity index (χ1) is 9.22. The highest BCUT2D eigenvalue weighted by Crippen LogP contribution is 2.26.